The van der Waals surface area contributed by atoms with Crippen LogP contribution in [-0.4, -0.2) is 36.7 Å². The van der Waals surface area contributed by atoms with E-state index in [1.54, 1.807) is 25.1 Å². The van der Waals surface area contributed by atoms with Crippen LogP contribution in [0.2, 0.25) is 0 Å². The molecule has 21 heavy (non-hydrogen) atoms. The second-order valence-corrected chi connectivity index (χ2v) is 4.67. The maximum absolute atomic E-state index is 12.4. The molecule has 1 amide bonds. The fourth-order valence-electron chi connectivity index (χ4n) is 1.83. The predicted molar refractivity (Wildman–Crippen MR) is 79.1 cm³/mol. The molecule has 7 heteroatoms. The van der Waals surface area contributed by atoms with Crippen LogP contribution in [0.15, 0.2) is 23.4 Å². The smallest absolute Gasteiger partial charge is 0.255 e. The van der Waals surface area contributed by atoms with Gasteiger partial charge >= 0.3 is 0 Å². The van der Waals surface area contributed by atoms with Crippen molar-refractivity contribution in [3.05, 3.63) is 23.8 Å². The quantitative estimate of drug-likeness (QED) is 0.318. The summed E-state index contributed by atoms with van der Waals surface area (Å²) in [5.41, 5.74) is 4.99. The molecule has 1 aromatic rings. The molecule has 1 atom stereocenters. The number of ether oxygens (including phenoxy) is 2. The van der Waals surface area contributed by atoms with Crippen LogP contribution in [0.1, 0.15) is 30.6 Å². The summed E-state index contributed by atoms with van der Waals surface area (Å²) in [4.78, 5) is 12.4. The lowest BCUT2D eigenvalue weighted by Crippen LogP contribution is -2.55. The Morgan fingerprint density at radius 2 is 2.10 bits per heavy atom. The first kappa shape index (κ1) is 16.6. The van der Waals surface area contributed by atoms with Crippen molar-refractivity contribution in [2.45, 2.75) is 25.8 Å². The molecule has 0 aliphatic carbocycles. The largest absolute Gasteiger partial charge is 0.493 e. The molecule has 0 aliphatic rings. The highest BCUT2D eigenvalue weighted by atomic mass is 16.5. The molecule has 1 unspecified atom stereocenters. The van der Waals surface area contributed by atoms with Gasteiger partial charge in [-0.2, -0.15) is 0 Å². The number of amides is 1. The number of carbonyl (C=O) groups excluding carboxylic acids is 1. The molecular formula is C14H21N3O4. The average Bonchev–Trinajstić information content (AvgIpc) is 2.52. The Hall–Kier alpha value is -2.44. The van der Waals surface area contributed by atoms with E-state index >= 15 is 0 Å². The maximum Gasteiger partial charge on any atom is 0.255 e. The van der Waals surface area contributed by atoms with E-state index in [1.807, 2.05) is 6.92 Å². The highest BCUT2D eigenvalue weighted by Gasteiger charge is 2.31. The number of nitrogens with one attached hydrogen (secondary N) is 1. The summed E-state index contributed by atoms with van der Waals surface area (Å²) < 4.78 is 10.4. The van der Waals surface area contributed by atoms with E-state index in [9.17, 15) is 4.79 Å². The Kier molecular flexibility index (Phi) is 5.40. The number of hydrogen-bond acceptors (Lipinski definition) is 5. The standard InChI is InChI=1S/C14H21N3O4/c1-5-14(2,13(15)17-19)16-12(18)9-7-6-8-10(20-3)11(9)21-4/h6-8,19H,5H2,1-4H3,(H2,15,17)(H,16,18). The van der Waals surface area contributed by atoms with Crippen molar-refractivity contribution >= 4 is 11.7 Å². The number of carbonyl (C=O) groups is 1. The second-order valence-electron chi connectivity index (χ2n) is 4.67. The molecule has 0 saturated carbocycles. The number of hydrogen-bond donors (Lipinski definition) is 3. The molecule has 1 aromatic carbocycles. The Bertz CT molecular complexity index is 545. The highest BCUT2D eigenvalue weighted by molar-refractivity contribution is 6.02. The lowest BCUT2D eigenvalue weighted by molar-refractivity contribution is 0.0921. The monoisotopic (exact) mass is 295 g/mol. The van der Waals surface area contributed by atoms with Gasteiger partial charge in [-0.3, -0.25) is 4.79 Å². The third kappa shape index (κ3) is 3.36. The summed E-state index contributed by atoms with van der Waals surface area (Å²) in [6.07, 6.45) is 0.459. The van der Waals surface area contributed by atoms with Gasteiger partial charge in [-0.25, -0.2) is 0 Å². The van der Waals surface area contributed by atoms with Crippen molar-refractivity contribution in [2.75, 3.05) is 14.2 Å². The Morgan fingerprint density at radius 1 is 1.43 bits per heavy atom. The van der Waals surface area contributed by atoms with Gasteiger partial charge in [0, 0.05) is 0 Å². The molecule has 0 saturated heterocycles. The number of para-hydroxylation sites is 1. The zero-order chi connectivity index (χ0) is 16.0. The number of oxime groups is 1. The van der Waals surface area contributed by atoms with Gasteiger partial charge in [0.1, 0.15) is 0 Å². The summed E-state index contributed by atoms with van der Waals surface area (Å²) >= 11 is 0. The number of benzene rings is 1. The van der Waals surface area contributed by atoms with E-state index < -0.39 is 11.4 Å². The summed E-state index contributed by atoms with van der Waals surface area (Å²) in [5.74, 6) is 0.310. The fraction of sp³-hybridized carbons (Fsp3) is 0.429. The van der Waals surface area contributed by atoms with E-state index in [4.69, 9.17) is 20.4 Å². The number of amidine groups is 1. The zero-order valence-corrected chi connectivity index (χ0v) is 12.6. The van der Waals surface area contributed by atoms with Crippen LogP contribution >= 0.6 is 0 Å². The topological polar surface area (TPSA) is 106 Å². The van der Waals surface area contributed by atoms with E-state index in [0.29, 0.717) is 23.5 Å². The van der Waals surface area contributed by atoms with Crippen molar-refractivity contribution in [2.24, 2.45) is 10.9 Å². The van der Waals surface area contributed by atoms with E-state index in [-0.39, 0.29) is 5.84 Å². The van der Waals surface area contributed by atoms with E-state index in [0.717, 1.165) is 0 Å². The van der Waals surface area contributed by atoms with Crippen LogP contribution in [-0.2, 0) is 0 Å². The van der Waals surface area contributed by atoms with Crippen molar-refractivity contribution in [3.63, 3.8) is 0 Å². The van der Waals surface area contributed by atoms with Crippen LogP contribution in [0.5, 0.6) is 11.5 Å². The van der Waals surface area contributed by atoms with Crippen LogP contribution in [0, 0.1) is 0 Å². The van der Waals surface area contributed by atoms with Crippen LogP contribution in [0.3, 0.4) is 0 Å². The maximum atomic E-state index is 12.4. The van der Waals surface area contributed by atoms with Crippen LogP contribution in [0.4, 0.5) is 0 Å². The third-order valence-electron chi connectivity index (χ3n) is 3.42. The molecule has 0 bridgehead atoms. The zero-order valence-electron chi connectivity index (χ0n) is 12.6. The van der Waals surface area contributed by atoms with Crippen molar-refractivity contribution in [3.8, 4) is 11.5 Å². The Balaban J connectivity index is 3.15. The third-order valence-corrected chi connectivity index (χ3v) is 3.42. The van der Waals surface area contributed by atoms with Crippen LogP contribution in [0.25, 0.3) is 0 Å². The lowest BCUT2D eigenvalue weighted by atomic mass is 9.96. The fourth-order valence-corrected chi connectivity index (χ4v) is 1.83. The number of methoxy groups -OCH3 is 2. The molecule has 0 fully saturated rings. The van der Waals surface area contributed by atoms with Crippen molar-refractivity contribution in [1.82, 2.24) is 5.32 Å². The lowest BCUT2D eigenvalue weighted by Gasteiger charge is -2.28. The van der Waals surface area contributed by atoms with Gasteiger partial charge in [0.05, 0.1) is 25.3 Å². The van der Waals surface area contributed by atoms with Gasteiger partial charge in [-0.15, -0.1) is 0 Å². The molecule has 0 aliphatic heterocycles. The van der Waals surface area contributed by atoms with Crippen LogP contribution < -0.4 is 20.5 Å². The molecule has 1 rings (SSSR count). The minimum Gasteiger partial charge on any atom is -0.493 e. The summed E-state index contributed by atoms with van der Waals surface area (Å²) in [5, 5.41) is 14.6. The normalized spacial score (nSPS) is 14.2. The van der Waals surface area contributed by atoms with Gasteiger partial charge in [-0.05, 0) is 25.5 Å². The van der Waals surface area contributed by atoms with Gasteiger partial charge in [0.2, 0.25) is 0 Å². The first-order valence-electron chi connectivity index (χ1n) is 6.45. The first-order valence-corrected chi connectivity index (χ1v) is 6.45. The molecule has 4 N–H and O–H groups in total. The van der Waals surface area contributed by atoms with Gasteiger partial charge in [0.15, 0.2) is 17.3 Å². The minimum absolute atomic E-state index is 0.0692. The molecule has 0 heterocycles. The van der Waals surface area contributed by atoms with E-state index in [2.05, 4.69) is 10.5 Å². The molecule has 0 spiro atoms. The molecule has 116 valence electrons. The first-order chi connectivity index (χ1) is 9.93. The summed E-state index contributed by atoms with van der Waals surface area (Å²) in [7, 11) is 2.95. The van der Waals surface area contributed by atoms with Crippen molar-refractivity contribution < 1.29 is 19.5 Å². The molecular weight excluding hydrogens is 274 g/mol. The SMILES string of the molecule is CCC(C)(NC(=O)c1cccc(OC)c1OC)/C(N)=N/O. The summed E-state index contributed by atoms with van der Waals surface area (Å²) in [6, 6.07) is 4.99. The van der Waals surface area contributed by atoms with Crippen molar-refractivity contribution in [1.29, 1.82) is 0 Å². The van der Waals surface area contributed by atoms with Gasteiger partial charge < -0.3 is 25.7 Å². The second kappa shape index (κ2) is 6.83. The average molecular weight is 295 g/mol. The van der Waals surface area contributed by atoms with Gasteiger partial charge in [-0.1, -0.05) is 18.1 Å². The predicted octanol–water partition coefficient (Wildman–Crippen LogP) is 1.35. The Morgan fingerprint density at radius 3 is 2.57 bits per heavy atom. The molecule has 0 radical (unpaired) electrons. The highest BCUT2D eigenvalue weighted by Crippen LogP contribution is 2.31. The van der Waals surface area contributed by atoms with Gasteiger partial charge in [0.25, 0.3) is 5.91 Å². The molecule has 0 aromatic heterocycles. The number of rotatable bonds is 6. The van der Waals surface area contributed by atoms with E-state index in [1.165, 1.54) is 14.2 Å². The number of nitrogens with zero attached hydrogens (tertiary/aromatic N) is 1. The summed E-state index contributed by atoms with van der Waals surface area (Å²) in [6.45, 7) is 3.49. The minimum atomic E-state index is -0.958. The number of nitrogens with two attached hydrogens (primary N) is 1. The Labute approximate surface area is 123 Å². The molecule has 7 nitrogen and oxygen atoms in total.